The van der Waals surface area contributed by atoms with Crippen LogP contribution in [0.25, 0.3) is 17.0 Å². The molecule has 1 N–H and O–H groups in total. The predicted octanol–water partition coefficient (Wildman–Crippen LogP) is 2.58. The third-order valence-electron chi connectivity index (χ3n) is 4.09. The average molecular weight is 442 g/mol. The molecular formula is C19H12AsF3N5. The quantitative estimate of drug-likeness (QED) is 0.496. The van der Waals surface area contributed by atoms with Crippen LogP contribution in [0.1, 0.15) is 16.8 Å². The van der Waals surface area contributed by atoms with E-state index in [0.29, 0.717) is 26.9 Å². The van der Waals surface area contributed by atoms with E-state index in [1.54, 1.807) is 16.6 Å². The van der Waals surface area contributed by atoms with Crippen LogP contribution in [-0.4, -0.2) is 35.3 Å². The van der Waals surface area contributed by atoms with E-state index in [1.807, 2.05) is 19.1 Å². The molecule has 0 aliphatic carbocycles. The molecule has 1 aromatic carbocycles. The second-order valence-corrected chi connectivity index (χ2v) is 8.51. The molecule has 4 aromatic rings. The number of rotatable bonds is 3. The SMILES string of the molecule is Cc1cccc(-c2nc3c(C#N)c[nH]n3c2[As]c2cccc(C(F)(F)F)c2)n1. The van der Waals surface area contributed by atoms with Gasteiger partial charge in [-0.25, -0.2) is 0 Å². The average Bonchev–Trinajstić information content (AvgIpc) is 3.21. The molecule has 1 radical (unpaired) electrons. The molecule has 0 saturated carbocycles. The summed E-state index contributed by atoms with van der Waals surface area (Å²) in [6, 6.07) is 12.9. The number of halogens is 3. The second kappa shape index (κ2) is 6.84. The van der Waals surface area contributed by atoms with Crippen molar-refractivity contribution in [3.63, 3.8) is 0 Å². The van der Waals surface area contributed by atoms with Gasteiger partial charge in [-0.2, -0.15) is 0 Å². The second-order valence-electron chi connectivity index (χ2n) is 6.07. The fourth-order valence-electron chi connectivity index (χ4n) is 2.81. The zero-order valence-corrected chi connectivity index (χ0v) is 16.4. The molecule has 0 amide bonds. The maximum atomic E-state index is 13.1. The number of nitrogens with one attached hydrogen (secondary N) is 1. The molecule has 0 unspecified atom stereocenters. The minimum absolute atomic E-state index is 0.366. The van der Waals surface area contributed by atoms with E-state index in [1.165, 1.54) is 18.3 Å². The number of imidazole rings is 1. The third-order valence-corrected chi connectivity index (χ3v) is 6.53. The first-order chi connectivity index (χ1) is 13.4. The standard InChI is InChI=1S/C19H12AsF3N5/c1-11-4-2-7-15(26-11)16-17(28-18(27-16)12(9-24)10-25-28)20-14-6-3-5-13(8-14)19(21,22)23/h2-8,10,25H,1H3. The molecule has 0 saturated heterocycles. The van der Waals surface area contributed by atoms with Crippen LogP contribution in [0.3, 0.4) is 0 Å². The van der Waals surface area contributed by atoms with Gasteiger partial charge in [0.1, 0.15) is 0 Å². The van der Waals surface area contributed by atoms with Crippen molar-refractivity contribution in [2.24, 2.45) is 0 Å². The summed E-state index contributed by atoms with van der Waals surface area (Å²) in [6.07, 6.45) is -2.86. The fourth-order valence-corrected chi connectivity index (χ4v) is 5.19. The first kappa shape index (κ1) is 18.3. The molecule has 139 valence electrons. The van der Waals surface area contributed by atoms with Gasteiger partial charge in [0.2, 0.25) is 0 Å². The van der Waals surface area contributed by atoms with Gasteiger partial charge < -0.3 is 0 Å². The van der Waals surface area contributed by atoms with Crippen LogP contribution < -0.4 is 8.83 Å². The number of nitriles is 1. The normalized spacial score (nSPS) is 12.1. The van der Waals surface area contributed by atoms with Gasteiger partial charge in [0.05, 0.1) is 0 Å². The molecule has 0 fully saturated rings. The van der Waals surface area contributed by atoms with Gasteiger partial charge in [-0.15, -0.1) is 0 Å². The Balaban J connectivity index is 1.87. The number of benzene rings is 1. The third kappa shape index (κ3) is 3.30. The number of pyridine rings is 1. The Bertz CT molecular complexity index is 1220. The number of aryl methyl sites for hydroxylation is 1. The van der Waals surface area contributed by atoms with Gasteiger partial charge in [-0.05, 0) is 0 Å². The summed E-state index contributed by atoms with van der Waals surface area (Å²) in [4.78, 5) is 9.07. The molecule has 4 rings (SSSR count). The minimum atomic E-state index is -4.40. The Hall–Kier alpha value is -3.04. The van der Waals surface area contributed by atoms with Crippen molar-refractivity contribution in [3.8, 4) is 17.5 Å². The van der Waals surface area contributed by atoms with Gasteiger partial charge in [0.15, 0.2) is 0 Å². The molecule has 0 atom stereocenters. The van der Waals surface area contributed by atoms with Crippen LogP contribution in [0.4, 0.5) is 13.2 Å². The number of hydrogen-bond acceptors (Lipinski definition) is 3. The number of aromatic nitrogens is 4. The number of nitrogens with zero attached hydrogens (tertiary/aromatic N) is 4. The molecule has 28 heavy (non-hydrogen) atoms. The fraction of sp³-hybridized carbons (Fsp3) is 0.105. The Morgan fingerprint density at radius 3 is 2.64 bits per heavy atom. The van der Waals surface area contributed by atoms with Crippen LogP contribution in [0.15, 0.2) is 48.7 Å². The van der Waals surface area contributed by atoms with E-state index in [2.05, 4.69) is 21.1 Å². The van der Waals surface area contributed by atoms with E-state index in [0.717, 1.165) is 16.2 Å². The molecule has 5 nitrogen and oxygen atoms in total. The number of fused-ring (bicyclic) bond motifs is 1. The Morgan fingerprint density at radius 2 is 1.93 bits per heavy atom. The van der Waals surface area contributed by atoms with Crippen molar-refractivity contribution >= 4 is 30.2 Å². The Labute approximate surface area is 164 Å². The van der Waals surface area contributed by atoms with E-state index in [4.69, 9.17) is 0 Å². The van der Waals surface area contributed by atoms with Crippen LogP contribution in [0.5, 0.6) is 0 Å². The van der Waals surface area contributed by atoms with Gasteiger partial charge in [-0.1, -0.05) is 0 Å². The van der Waals surface area contributed by atoms with Crippen LogP contribution >= 0.6 is 0 Å². The molecule has 0 spiro atoms. The summed E-state index contributed by atoms with van der Waals surface area (Å²) in [5, 5.41) is 12.3. The number of H-pyrrole nitrogens is 1. The predicted molar refractivity (Wildman–Crippen MR) is 98.7 cm³/mol. The Morgan fingerprint density at radius 1 is 1.14 bits per heavy atom. The van der Waals surface area contributed by atoms with Crippen molar-refractivity contribution in [1.82, 2.24) is 19.6 Å². The number of aromatic amines is 1. The number of alkyl halides is 3. The Kier molecular flexibility index (Phi) is 4.48. The van der Waals surface area contributed by atoms with Gasteiger partial charge in [0.25, 0.3) is 0 Å². The topological polar surface area (TPSA) is 69.8 Å². The molecular weight excluding hydrogens is 430 g/mol. The van der Waals surface area contributed by atoms with Crippen molar-refractivity contribution in [3.05, 3.63) is 65.5 Å². The molecule has 3 aromatic heterocycles. The molecule has 0 bridgehead atoms. The van der Waals surface area contributed by atoms with E-state index < -0.39 is 27.5 Å². The van der Waals surface area contributed by atoms with Crippen molar-refractivity contribution in [2.75, 3.05) is 0 Å². The van der Waals surface area contributed by atoms with Crippen LogP contribution in [0.2, 0.25) is 0 Å². The molecule has 0 aliphatic rings. The van der Waals surface area contributed by atoms with E-state index in [-0.39, 0.29) is 0 Å². The first-order valence-electron chi connectivity index (χ1n) is 8.20. The summed E-state index contributed by atoms with van der Waals surface area (Å²) >= 11 is -0.849. The zero-order valence-electron chi connectivity index (χ0n) is 14.5. The summed E-state index contributed by atoms with van der Waals surface area (Å²) in [6.45, 7) is 1.85. The van der Waals surface area contributed by atoms with Gasteiger partial charge in [0, 0.05) is 0 Å². The van der Waals surface area contributed by atoms with Crippen LogP contribution in [-0.2, 0) is 6.18 Å². The summed E-state index contributed by atoms with van der Waals surface area (Å²) in [7, 11) is 0. The molecule has 0 aliphatic heterocycles. The van der Waals surface area contributed by atoms with Crippen LogP contribution in [0, 0.1) is 18.3 Å². The van der Waals surface area contributed by atoms with Crippen molar-refractivity contribution in [1.29, 1.82) is 5.26 Å². The summed E-state index contributed by atoms with van der Waals surface area (Å²) in [5.74, 6) is 0. The summed E-state index contributed by atoms with van der Waals surface area (Å²) in [5.41, 5.74) is 2.13. The van der Waals surface area contributed by atoms with Gasteiger partial charge >= 0.3 is 164 Å². The molecule has 3 heterocycles. The van der Waals surface area contributed by atoms with Crippen molar-refractivity contribution < 1.29 is 13.2 Å². The number of hydrogen-bond donors (Lipinski definition) is 1. The zero-order chi connectivity index (χ0) is 19.9. The first-order valence-corrected chi connectivity index (χ1v) is 10.1. The summed E-state index contributed by atoms with van der Waals surface area (Å²) < 4.78 is 42.2. The van der Waals surface area contributed by atoms with E-state index in [9.17, 15) is 18.4 Å². The van der Waals surface area contributed by atoms with Crippen molar-refractivity contribution in [2.45, 2.75) is 13.1 Å². The molecule has 9 heteroatoms. The monoisotopic (exact) mass is 442 g/mol. The van der Waals surface area contributed by atoms with Gasteiger partial charge in [-0.3, -0.25) is 0 Å². The maximum absolute atomic E-state index is 13.1. The van der Waals surface area contributed by atoms with E-state index >= 15 is 0 Å².